The topological polar surface area (TPSA) is 77.1 Å². The molecule has 0 saturated carbocycles. The second-order valence-corrected chi connectivity index (χ2v) is 7.08. The molecule has 1 aliphatic rings. The molecule has 0 aliphatic carbocycles. The number of nitrogens with zero attached hydrogens (tertiary/aromatic N) is 5. The molecule has 0 atom stereocenters. The van der Waals surface area contributed by atoms with Crippen molar-refractivity contribution in [1.29, 1.82) is 0 Å². The summed E-state index contributed by atoms with van der Waals surface area (Å²) in [6.07, 6.45) is 8.95. The van der Waals surface area contributed by atoms with Crippen molar-refractivity contribution in [3.05, 3.63) is 65.1 Å². The molecule has 7 heteroatoms. The first-order valence-corrected chi connectivity index (χ1v) is 9.27. The van der Waals surface area contributed by atoms with Gasteiger partial charge in [0.2, 0.25) is 0 Å². The molecule has 0 radical (unpaired) electrons. The van der Waals surface area contributed by atoms with Crippen LogP contribution in [0.2, 0.25) is 0 Å². The van der Waals surface area contributed by atoms with E-state index in [2.05, 4.69) is 19.9 Å². The lowest BCUT2D eigenvalue weighted by Gasteiger charge is -2.31. The van der Waals surface area contributed by atoms with Gasteiger partial charge in [-0.25, -0.2) is 9.97 Å². The molecule has 140 valence electrons. The van der Waals surface area contributed by atoms with E-state index < -0.39 is 0 Å². The number of aryl methyl sites for hydroxylation is 1. The average molecular weight is 365 g/mol. The Morgan fingerprint density at radius 3 is 2.81 bits per heavy atom. The quantitative estimate of drug-likeness (QED) is 0.691. The van der Waals surface area contributed by atoms with Crippen LogP contribution in [0.25, 0.3) is 11.3 Å². The number of rotatable bonds is 5. The van der Waals surface area contributed by atoms with Gasteiger partial charge in [0.05, 0.1) is 17.7 Å². The first-order chi connectivity index (χ1) is 13.2. The fourth-order valence-corrected chi connectivity index (χ4v) is 3.55. The maximum Gasteiger partial charge on any atom is 0.253 e. The zero-order valence-electron chi connectivity index (χ0n) is 15.4. The highest BCUT2D eigenvalue weighted by Crippen LogP contribution is 2.20. The second kappa shape index (κ2) is 7.84. The van der Waals surface area contributed by atoms with Crippen LogP contribution >= 0.6 is 0 Å². The summed E-state index contributed by atoms with van der Waals surface area (Å²) in [4.78, 5) is 27.8. The minimum absolute atomic E-state index is 0.00986. The summed E-state index contributed by atoms with van der Waals surface area (Å²) < 4.78 is 7.00. The van der Waals surface area contributed by atoms with Gasteiger partial charge in [0, 0.05) is 44.0 Å². The normalized spacial score (nSPS) is 15.9. The van der Waals surface area contributed by atoms with Gasteiger partial charge in [-0.2, -0.15) is 0 Å². The third-order valence-corrected chi connectivity index (χ3v) is 5.05. The largest absolute Gasteiger partial charge is 0.449 e. The van der Waals surface area contributed by atoms with Crippen LogP contribution in [0.15, 0.2) is 52.4 Å². The predicted octanol–water partition coefficient (Wildman–Crippen LogP) is 2.51. The summed E-state index contributed by atoms with van der Waals surface area (Å²) >= 11 is 0. The lowest BCUT2D eigenvalue weighted by atomic mass is 9.96. The molecule has 0 bridgehead atoms. The van der Waals surface area contributed by atoms with E-state index in [1.165, 1.54) is 0 Å². The Labute approximate surface area is 157 Å². The molecule has 0 spiro atoms. The van der Waals surface area contributed by atoms with Crippen molar-refractivity contribution < 1.29 is 4.42 Å². The second-order valence-electron chi connectivity index (χ2n) is 7.08. The molecular weight excluding hydrogens is 342 g/mol. The van der Waals surface area contributed by atoms with Crippen LogP contribution in [0.4, 0.5) is 0 Å². The van der Waals surface area contributed by atoms with Gasteiger partial charge in [0.1, 0.15) is 6.26 Å². The monoisotopic (exact) mass is 365 g/mol. The summed E-state index contributed by atoms with van der Waals surface area (Å²) in [5.74, 6) is 1.20. The maximum absolute atomic E-state index is 12.5. The van der Waals surface area contributed by atoms with Crippen molar-refractivity contribution >= 4 is 0 Å². The fourth-order valence-electron chi connectivity index (χ4n) is 3.55. The molecule has 7 nitrogen and oxygen atoms in total. The standard InChI is InChI=1S/C20H23N5O2/c1-15-23-18(13-27-15)12-24-7-4-16(5-8-24)11-25-14-22-19(9-20(25)26)17-3-2-6-21-10-17/h2-3,6,9-10,13-14,16H,4-5,7-8,11-12H2,1H3. The molecule has 0 amide bonds. The molecule has 0 aromatic carbocycles. The summed E-state index contributed by atoms with van der Waals surface area (Å²) in [5.41, 5.74) is 2.50. The van der Waals surface area contributed by atoms with E-state index in [0.717, 1.165) is 50.3 Å². The number of piperidine rings is 1. The van der Waals surface area contributed by atoms with Gasteiger partial charge in [-0.1, -0.05) is 0 Å². The number of oxazole rings is 1. The molecule has 0 N–H and O–H groups in total. The van der Waals surface area contributed by atoms with E-state index >= 15 is 0 Å². The van der Waals surface area contributed by atoms with Gasteiger partial charge in [-0.3, -0.25) is 19.2 Å². The Morgan fingerprint density at radius 2 is 2.15 bits per heavy atom. The van der Waals surface area contributed by atoms with Crippen molar-refractivity contribution in [2.24, 2.45) is 5.92 Å². The summed E-state index contributed by atoms with van der Waals surface area (Å²) in [7, 11) is 0. The summed E-state index contributed by atoms with van der Waals surface area (Å²) in [6.45, 7) is 5.42. The highest BCUT2D eigenvalue weighted by Gasteiger charge is 2.21. The Kier molecular flexibility index (Phi) is 5.11. The first-order valence-electron chi connectivity index (χ1n) is 9.27. The van der Waals surface area contributed by atoms with Crippen LogP contribution in [0.5, 0.6) is 0 Å². The molecule has 0 unspecified atom stereocenters. The highest BCUT2D eigenvalue weighted by molar-refractivity contribution is 5.56. The van der Waals surface area contributed by atoms with Crippen LogP contribution in [-0.4, -0.2) is 37.5 Å². The van der Waals surface area contributed by atoms with E-state index in [1.807, 2.05) is 19.1 Å². The zero-order valence-corrected chi connectivity index (χ0v) is 15.4. The van der Waals surface area contributed by atoms with Crippen LogP contribution in [-0.2, 0) is 13.1 Å². The Bertz CT molecular complexity index is 942. The Balaban J connectivity index is 1.34. The van der Waals surface area contributed by atoms with Gasteiger partial charge in [-0.15, -0.1) is 0 Å². The third kappa shape index (κ3) is 4.31. The van der Waals surface area contributed by atoms with E-state index in [-0.39, 0.29) is 5.56 Å². The lowest BCUT2D eigenvalue weighted by Crippen LogP contribution is -2.36. The predicted molar refractivity (Wildman–Crippen MR) is 101 cm³/mol. The fraction of sp³-hybridized carbons (Fsp3) is 0.400. The molecule has 1 saturated heterocycles. The van der Waals surface area contributed by atoms with E-state index in [0.29, 0.717) is 17.5 Å². The number of hydrogen-bond acceptors (Lipinski definition) is 6. The molecular formula is C20H23N5O2. The van der Waals surface area contributed by atoms with Crippen molar-refractivity contribution in [1.82, 2.24) is 24.4 Å². The summed E-state index contributed by atoms with van der Waals surface area (Å²) in [5, 5.41) is 0. The smallest absolute Gasteiger partial charge is 0.253 e. The SMILES string of the molecule is Cc1nc(CN2CCC(Cn3cnc(-c4cccnc4)cc3=O)CC2)co1. The Morgan fingerprint density at radius 1 is 1.30 bits per heavy atom. The molecule has 1 aliphatic heterocycles. The van der Waals surface area contributed by atoms with E-state index in [9.17, 15) is 4.79 Å². The van der Waals surface area contributed by atoms with Gasteiger partial charge >= 0.3 is 0 Å². The van der Waals surface area contributed by atoms with E-state index in [4.69, 9.17) is 4.42 Å². The van der Waals surface area contributed by atoms with Gasteiger partial charge in [0.15, 0.2) is 5.89 Å². The highest BCUT2D eigenvalue weighted by atomic mass is 16.3. The van der Waals surface area contributed by atoms with Crippen LogP contribution in [0.3, 0.4) is 0 Å². The molecule has 3 aromatic rings. The molecule has 27 heavy (non-hydrogen) atoms. The maximum atomic E-state index is 12.5. The van der Waals surface area contributed by atoms with Crippen LogP contribution in [0, 0.1) is 12.8 Å². The van der Waals surface area contributed by atoms with Crippen molar-refractivity contribution in [2.75, 3.05) is 13.1 Å². The zero-order chi connectivity index (χ0) is 18.6. The number of likely N-dealkylation sites (tertiary alicyclic amines) is 1. The van der Waals surface area contributed by atoms with Crippen molar-refractivity contribution in [3.63, 3.8) is 0 Å². The van der Waals surface area contributed by atoms with Crippen LogP contribution < -0.4 is 5.56 Å². The first kappa shape index (κ1) is 17.6. The molecule has 4 heterocycles. The van der Waals surface area contributed by atoms with Crippen molar-refractivity contribution in [3.8, 4) is 11.3 Å². The summed E-state index contributed by atoms with van der Waals surface area (Å²) in [6, 6.07) is 5.35. The third-order valence-electron chi connectivity index (χ3n) is 5.05. The van der Waals surface area contributed by atoms with E-state index in [1.54, 1.807) is 35.6 Å². The van der Waals surface area contributed by atoms with Gasteiger partial charge in [0.25, 0.3) is 5.56 Å². The Hall–Kier alpha value is -2.80. The van der Waals surface area contributed by atoms with Crippen LogP contribution in [0.1, 0.15) is 24.4 Å². The number of hydrogen-bond donors (Lipinski definition) is 0. The average Bonchev–Trinajstić information content (AvgIpc) is 3.10. The lowest BCUT2D eigenvalue weighted by molar-refractivity contribution is 0.164. The van der Waals surface area contributed by atoms with Crippen molar-refractivity contribution in [2.45, 2.75) is 32.9 Å². The van der Waals surface area contributed by atoms with Gasteiger partial charge in [-0.05, 0) is 44.0 Å². The number of aromatic nitrogens is 4. The minimum Gasteiger partial charge on any atom is -0.449 e. The number of pyridine rings is 1. The molecule has 4 rings (SSSR count). The van der Waals surface area contributed by atoms with Gasteiger partial charge < -0.3 is 4.42 Å². The molecule has 1 fully saturated rings. The molecule has 3 aromatic heterocycles. The minimum atomic E-state index is -0.00986.